The molecule has 0 aromatic carbocycles. The predicted molar refractivity (Wildman–Crippen MR) is 127 cm³/mol. The number of nitrogens with zero attached hydrogens (tertiary/aromatic N) is 3. The Morgan fingerprint density at radius 2 is 1.38 bits per heavy atom. The lowest BCUT2D eigenvalue weighted by molar-refractivity contribution is 0.367. The number of halogens is 1. The van der Waals surface area contributed by atoms with Gasteiger partial charge >= 0.3 is 0 Å². The van der Waals surface area contributed by atoms with Gasteiger partial charge in [-0.1, -0.05) is 38.0 Å². The number of hydrogen-bond donors (Lipinski definition) is 2. The van der Waals surface area contributed by atoms with Gasteiger partial charge in [0.25, 0.3) is 0 Å². The van der Waals surface area contributed by atoms with E-state index >= 15 is 0 Å². The highest BCUT2D eigenvalue weighted by Crippen LogP contribution is 2.23. The maximum Gasteiger partial charge on any atom is 0.192 e. The van der Waals surface area contributed by atoms with E-state index in [4.69, 9.17) is 9.05 Å². The molecule has 2 aromatic heterocycles. The van der Waals surface area contributed by atoms with Crippen LogP contribution in [-0.4, -0.2) is 22.8 Å². The first kappa shape index (κ1) is 25.5. The molecule has 8 heteroatoms. The van der Waals surface area contributed by atoms with Crippen molar-refractivity contribution in [2.75, 3.05) is 6.54 Å². The van der Waals surface area contributed by atoms with Crippen LogP contribution in [0.1, 0.15) is 95.0 Å². The molecule has 0 aliphatic heterocycles. The van der Waals surface area contributed by atoms with Crippen molar-refractivity contribution >= 4 is 29.9 Å². The van der Waals surface area contributed by atoms with Crippen molar-refractivity contribution in [2.24, 2.45) is 4.99 Å². The molecule has 0 radical (unpaired) electrons. The van der Waals surface area contributed by atoms with E-state index in [1.165, 1.54) is 0 Å². The zero-order valence-electron chi connectivity index (χ0n) is 18.3. The van der Waals surface area contributed by atoms with Gasteiger partial charge in [-0.3, -0.25) is 0 Å². The van der Waals surface area contributed by atoms with Crippen LogP contribution in [0.25, 0.3) is 0 Å². The minimum Gasteiger partial charge on any atom is -0.359 e. The lowest BCUT2D eigenvalue weighted by atomic mass is 9.99. The first-order valence-corrected chi connectivity index (χ1v) is 10.6. The van der Waals surface area contributed by atoms with Crippen LogP contribution in [-0.2, 0) is 13.1 Å². The molecule has 0 spiro atoms. The topological polar surface area (TPSA) is 88.5 Å². The van der Waals surface area contributed by atoms with E-state index < -0.39 is 0 Å². The number of nitrogens with one attached hydrogen (secondary N) is 2. The Labute approximate surface area is 191 Å². The first-order valence-electron chi connectivity index (χ1n) is 10.6. The zero-order chi connectivity index (χ0) is 20.4. The largest absolute Gasteiger partial charge is 0.359 e. The molecule has 0 atom stereocenters. The second-order valence-corrected chi connectivity index (χ2v) is 7.01. The average molecular weight is 517 g/mol. The van der Waals surface area contributed by atoms with Gasteiger partial charge in [-0.15, -0.1) is 24.0 Å². The number of rotatable bonds is 11. The molecule has 0 saturated carbocycles. The standard InChI is InChI=1S/C21H35N5O2.HI/c1-6-15(7-2)19-11-17(27-25-19)13-23-21(22-10-5)24-14-18-12-20(26-28-18)16(8-3)9-4;/h11-12,15-16H,6-10,13-14H2,1-5H3,(H2,22,23,24);1H. The summed E-state index contributed by atoms with van der Waals surface area (Å²) in [6, 6.07) is 4.05. The second-order valence-electron chi connectivity index (χ2n) is 7.01. The van der Waals surface area contributed by atoms with Crippen molar-refractivity contribution in [1.29, 1.82) is 0 Å². The van der Waals surface area contributed by atoms with Gasteiger partial charge in [0.1, 0.15) is 6.54 Å². The lowest BCUT2D eigenvalue weighted by Gasteiger charge is -2.09. The molecule has 0 fully saturated rings. The molecule has 2 heterocycles. The van der Waals surface area contributed by atoms with Crippen LogP contribution >= 0.6 is 24.0 Å². The molecular weight excluding hydrogens is 481 g/mol. The van der Waals surface area contributed by atoms with E-state index in [9.17, 15) is 0 Å². The van der Waals surface area contributed by atoms with Crippen LogP contribution < -0.4 is 10.6 Å². The van der Waals surface area contributed by atoms with Crippen LogP contribution in [0.2, 0.25) is 0 Å². The molecule has 0 bridgehead atoms. The Morgan fingerprint density at radius 1 is 0.862 bits per heavy atom. The first-order chi connectivity index (χ1) is 13.6. The van der Waals surface area contributed by atoms with Gasteiger partial charge in [0.05, 0.1) is 17.9 Å². The molecule has 7 nitrogen and oxygen atoms in total. The van der Waals surface area contributed by atoms with Gasteiger partial charge in [0, 0.05) is 30.5 Å². The van der Waals surface area contributed by atoms with E-state index in [-0.39, 0.29) is 24.0 Å². The Hall–Kier alpha value is -1.58. The van der Waals surface area contributed by atoms with Crippen LogP contribution in [0.15, 0.2) is 26.2 Å². The molecule has 0 saturated heterocycles. The normalized spacial score (nSPS) is 11.8. The van der Waals surface area contributed by atoms with Crippen molar-refractivity contribution in [3.63, 3.8) is 0 Å². The van der Waals surface area contributed by atoms with E-state index in [1.54, 1.807) is 0 Å². The number of aromatic nitrogens is 2. The summed E-state index contributed by atoms with van der Waals surface area (Å²) in [7, 11) is 0. The van der Waals surface area contributed by atoms with Gasteiger partial charge in [0.2, 0.25) is 0 Å². The fourth-order valence-electron chi connectivity index (χ4n) is 3.28. The average Bonchev–Trinajstić information content (AvgIpc) is 3.36. The SMILES string of the molecule is CCNC(=NCc1cc(C(CC)CC)no1)NCc1cc(C(CC)CC)no1.I. The molecule has 2 rings (SSSR count). The van der Waals surface area contributed by atoms with E-state index in [2.05, 4.69) is 53.6 Å². The Balaban J connectivity index is 0.00000420. The van der Waals surface area contributed by atoms with Crippen molar-refractivity contribution in [3.05, 3.63) is 35.0 Å². The fraction of sp³-hybridized carbons (Fsp3) is 0.667. The van der Waals surface area contributed by atoms with Crippen molar-refractivity contribution in [2.45, 2.75) is 85.2 Å². The summed E-state index contributed by atoms with van der Waals surface area (Å²) in [5.74, 6) is 3.19. The summed E-state index contributed by atoms with van der Waals surface area (Å²) in [4.78, 5) is 4.60. The van der Waals surface area contributed by atoms with Gasteiger partial charge in [-0.2, -0.15) is 0 Å². The summed E-state index contributed by atoms with van der Waals surface area (Å²) >= 11 is 0. The van der Waals surface area contributed by atoms with Crippen molar-refractivity contribution in [1.82, 2.24) is 20.9 Å². The van der Waals surface area contributed by atoms with Gasteiger partial charge in [-0.25, -0.2) is 4.99 Å². The van der Waals surface area contributed by atoms with Crippen molar-refractivity contribution < 1.29 is 9.05 Å². The third kappa shape index (κ3) is 7.64. The van der Waals surface area contributed by atoms with Crippen LogP contribution in [0.4, 0.5) is 0 Å². The fourth-order valence-corrected chi connectivity index (χ4v) is 3.28. The van der Waals surface area contributed by atoms with E-state index in [0.717, 1.165) is 55.1 Å². The summed E-state index contributed by atoms with van der Waals surface area (Å²) in [5, 5.41) is 14.9. The molecule has 0 aliphatic carbocycles. The summed E-state index contributed by atoms with van der Waals surface area (Å²) in [5.41, 5.74) is 2.04. The van der Waals surface area contributed by atoms with Gasteiger partial charge in [-0.05, 0) is 32.6 Å². The summed E-state index contributed by atoms with van der Waals surface area (Å²) < 4.78 is 10.9. The highest BCUT2D eigenvalue weighted by atomic mass is 127. The number of aliphatic imine (C=N–C) groups is 1. The van der Waals surface area contributed by atoms with E-state index in [0.29, 0.717) is 30.9 Å². The zero-order valence-corrected chi connectivity index (χ0v) is 20.7. The van der Waals surface area contributed by atoms with Gasteiger partial charge in [0.15, 0.2) is 17.5 Å². The molecule has 0 unspecified atom stereocenters. The number of guanidine groups is 1. The molecule has 2 N–H and O–H groups in total. The lowest BCUT2D eigenvalue weighted by Crippen LogP contribution is -2.36. The maximum absolute atomic E-state index is 5.47. The van der Waals surface area contributed by atoms with Crippen LogP contribution in [0.5, 0.6) is 0 Å². The third-order valence-electron chi connectivity index (χ3n) is 5.13. The molecule has 0 amide bonds. The minimum absolute atomic E-state index is 0. The molecule has 29 heavy (non-hydrogen) atoms. The van der Waals surface area contributed by atoms with Crippen molar-refractivity contribution in [3.8, 4) is 0 Å². The third-order valence-corrected chi connectivity index (χ3v) is 5.13. The van der Waals surface area contributed by atoms with Crippen LogP contribution in [0, 0.1) is 0 Å². The Kier molecular flexibility index (Phi) is 11.9. The highest BCUT2D eigenvalue weighted by Gasteiger charge is 2.14. The quantitative estimate of drug-likeness (QED) is 0.238. The molecule has 0 aliphatic rings. The highest BCUT2D eigenvalue weighted by molar-refractivity contribution is 14.0. The second kappa shape index (κ2) is 13.6. The monoisotopic (exact) mass is 517 g/mol. The number of hydrogen-bond acceptors (Lipinski definition) is 5. The Bertz CT molecular complexity index is 720. The maximum atomic E-state index is 5.47. The minimum atomic E-state index is 0. The predicted octanol–water partition coefficient (Wildman–Crippen LogP) is 5.34. The smallest absolute Gasteiger partial charge is 0.192 e. The van der Waals surface area contributed by atoms with Crippen LogP contribution in [0.3, 0.4) is 0 Å². The summed E-state index contributed by atoms with van der Waals surface area (Å²) in [6.45, 7) is 12.5. The summed E-state index contributed by atoms with van der Waals surface area (Å²) in [6.07, 6.45) is 4.25. The Morgan fingerprint density at radius 3 is 1.90 bits per heavy atom. The molecular formula is C21H36IN5O2. The van der Waals surface area contributed by atoms with Gasteiger partial charge < -0.3 is 19.7 Å². The molecule has 164 valence electrons. The molecule has 2 aromatic rings. The van der Waals surface area contributed by atoms with E-state index in [1.807, 2.05) is 19.1 Å².